The highest BCUT2D eigenvalue weighted by atomic mass is 19.2. The highest BCUT2D eigenvalue weighted by Crippen LogP contribution is 2.39. The van der Waals surface area contributed by atoms with Gasteiger partial charge in [0.2, 0.25) is 0 Å². The van der Waals surface area contributed by atoms with E-state index in [2.05, 4.69) is 6.92 Å². The van der Waals surface area contributed by atoms with E-state index < -0.39 is 29.3 Å². The lowest BCUT2D eigenvalue weighted by Gasteiger charge is -2.39. The van der Waals surface area contributed by atoms with Crippen molar-refractivity contribution in [1.29, 1.82) is 0 Å². The van der Waals surface area contributed by atoms with Crippen molar-refractivity contribution in [2.24, 2.45) is 0 Å². The van der Waals surface area contributed by atoms with Crippen LogP contribution in [-0.2, 0) is 14.2 Å². The van der Waals surface area contributed by atoms with Crippen LogP contribution in [0.15, 0.2) is 12.1 Å². The van der Waals surface area contributed by atoms with Crippen LogP contribution in [0.4, 0.5) is 13.2 Å². The van der Waals surface area contributed by atoms with Gasteiger partial charge in [-0.2, -0.15) is 0 Å². The van der Waals surface area contributed by atoms with Gasteiger partial charge in [0.1, 0.15) is 0 Å². The topological polar surface area (TPSA) is 27.7 Å². The van der Waals surface area contributed by atoms with Gasteiger partial charge in [0.15, 0.2) is 17.5 Å². The number of hydrogen-bond acceptors (Lipinski definition) is 3. The maximum atomic E-state index is 13.9. The Morgan fingerprint density at radius 3 is 1.68 bits per heavy atom. The van der Waals surface area contributed by atoms with Crippen LogP contribution in [0, 0.1) is 17.5 Å². The molecule has 0 radical (unpaired) electrons. The van der Waals surface area contributed by atoms with Gasteiger partial charge in [-0.05, 0) is 44.9 Å². The summed E-state index contributed by atoms with van der Waals surface area (Å²) in [6.45, 7) is 8.49. The molecule has 0 aromatic heterocycles. The molecule has 6 heteroatoms. The maximum Gasteiger partial charge on any atom is 0.290 e. The predicted octanol–water partition coefficient (Wildman–Crippen LogP) is 6.70. The molecule has 1 rings (SSSR count). The molecule has 28 heavy (non-hydrogen) atoms. The molecule has 0 spiro atoms. The zero-order valence-corrected chi connectivity index (χ0v) is 17.7. The third-order valence-electron chi connectivity index (χ3n) is 4.72. The highest BCUT2D eigenvalue weighted by Gasteiger charge is 2.43. The lowest BCUT2D eigenvalue weighted by molar-refractivity contribution is -0.389. The van der Waals surface area contributed by atoms with Crippen LogP contribution >= 0.6 is 0 Å². The molecule has 0 bridgehead atoms. The summed E-state index contributed by atoms with van der Waals surface area (Å²) in [7, 11) is 0. The molecular formula is C22H35F3O3. The lowest BCUT2D eigenvalue weighted by Crippen LogP contribution is -2.45. The van der Waals surface area contributed by atoms with Crippen LogP contribution in [0.2, 0.25) is 0 Å². The number of unbranched alkanes of at least 4 members (excludes halogenated alkanes) is 5. The van der Waals surface area contributed by atoms with Crippen molar-refractivity contribution in [3.05, 3.63) is 35.1 Å². The first-order valence-corrected chi connectivity index (χ1v) is 10.5. The van der Waals surface area contributed by atoms with Gasteiger partial charge in [-0.3, -0.25) is 0 Å². The van der Waals surface area contributed by atoms with Gasteiger partial charge in [-0.15, -0.1) is 0 Å². The van der Waals surface area contributed by atoms with Crippen molar-refractivity contribution < 1.29 is 27.4 Å². The van der Waals surface area contributed by atoms with E-state index in [-0.39, 0.29) is 5.56 Å². The molecule has 162 valence electrons. The summed E-state index contributed by atoms with van der Waals surface area (Å²) >= 11 is 0. The normalized spacial score (nSPS) is 13.1. The van der Waals surface area contributed by atoms with E-state index in [4.69, 9.17) is 14.2 Å². The Labute approximate surface area is 167 Å². The summed E-state index contributed by atoms with van der Waals surface area (Å²) in [5.41, 5.74) is 0.278. The standard InChI is InChI=1S/C22H35F3O3/c1-5-9-10-11-12-13-14-18(17-15-19(23)21(25)20(24)16-17)22(26-6-2,27-7-3)28-8-4/h15-16,18H,5-14H2,1-4H3. The number of benzene rings is 1. The second kappa shape index (κ2) is 13.2. The van der Waals surface area contributed by atoms with Crippen LogP contribution in [0.3, 0.4) is 0 Å². The Kier molecular flexibility index (Phi) is 11.7. The zero-order valence-electron chi connectivity index (χ0n) is 17.7. The van der Waals surface area contributed by atoms with E-state index in [1.54, 1.807) is 20.8 Å². The van der Waals surface area contributed by atoms with E-state index in [1.165, 1.54) is 12.8 Å². The fourth-order valence-corrected chi connectivity index (χ4v) is 3.48. The van der Waals surface area contributed by atoms with Gasteiger partial charge in [0.05, 0.1) is 5.92 Å². The molecule has 1 aromatic carbocycles. The van der Waals surface area contributed by atoms with Crippen molar-refractivity contribution in [1.82, 2.24) is 0 Å². The second-order valence-corrected chi connectivity index (χ2v) is 6.81. The average molecular weight is 405 g/mol. The van der Waals surface area contributed by atoms with E-state index in [0.717, 1.165) is 37.8 Å². The molecule has 1 unspecified atom stereocenters. The van der Waals surface area contributed by atoms with Crippen LogP contribution in [0.1, 0.15) is 84.1 Å². The molecule has 1 atom stereocenters. The average Bonchev–Trinajstić information content (AvgIpc) is 2.65. The Hall–Kier alpha value is -1.11. The third-order valence-corrected chi connectivity index (χ3v) is 4.72. The monoisotopic (exact) mass is 404 g/mol. The largest absolute Gasteiger partial charge is 0.327 e. The molecule has 0 aliphatic rings. The minimum Gasteiger partial charge on any atom is -0.327 e. The van der Waals surface area contributed by atoms with Gasteiger partial charge in [-0.25, -0.2) is 13.2 Å². The first-order chi connectivity index (χ1) is 13.5. The maximum absolute atomic E-state index is 13.9. The highest BCUT2D eigenvalue weighted by molar-refractivity contribution is 5.24. The molecule has 1 aromatic rings. The van der Waals surface area contributed by atoms with Crippen LogP contribution in [-0.4, -0.2) is 25.8 Å². The summed E-state index contributed by atoms with van der Waals surface area (Å²) in [6, 6.07) is 2.04. The Balaban J connectivity index is 3.16. The quantitative estimate of drug-likeness (QED) is 0.185. The van der Waals surface area contributed by atoms with E-state index >= 15 is 0 Å². The Morgan fingerprint density at radius 1 is 0.750 bits per heavy atom. The molecular weight excluding hydrogens is 369 g/mol. The van der Waals surface area contributed by atoms with Crippen molar-refractivity contribution >= 4 is 0 Å². The van der Waals surface area contributed by atoms with Crippen LogP contribution in [0.25, 0.3) is 0 Å². The third kappa shape index (κ3) is 7.05. The molecule has 0 saturated heterocycles. The first kappa shape index (κ1) is 24.9. The van der Waals surface area contributed by atoms with Crippen LogP contribution < -0.4 is 0 Å². The smallest absolute Gasteiger partial charge is 0.290 e. The summed E-state index contributed by atoms with van der Waals surface area (Å²) in [4.78, 5) is 0. The number of hydrogen-bond donors (Lipinski definition) is 0. The van der Waals surface area contributed by atoms with Crippen molar-refractivity contribution in [2.45, 2.75) is 84.5 Å². The lowest BCUT2D eigenvalue weighted by atomic mass is 9.89. The minimum atomic E-state index is -1.48. The minimum absolute atomic E-state index is 0.278. The van der Waals surface area contributed by atoms with Crippen molar-refractivity contribution in [2.75, 3.05) is 19.8 Å². The summed E-state index contributed by atoms with van der Waals surface area (Å²) in [6.07, 6.45) is 6.98. The predicted molar refractivity (Wildman–Crippen MR) is 105 cm³/mol. The number of halogens is 3. The molecule has 0 aliphatic heterocycles. The molecule has 0 aliphatic carbocycles. The van der Waals surface area contributed by atoms with E-state index in [1.807, 2.05) is 0 Å². The summed E-state index contributed by atoms with van der Waals surface area (Å²) < 4.78 is 58.9. The molecule has 0 amide bonds. The second-order valence-electron chi connectivity index (χ2n) is 6.81. The summed E-state index contributed by atoms with van der Waals surface area (Å²) in [5, 5.41) is 0. The molecule has 0 N–H and O–H groups in total. The molecule has 0 fully saturated rings. The van der Waals surface area contributed by atoms with Gasteiger partial charge < -0.3 is 14.2 Å². The van der Waals surface area contributed by atoms with Gasteiger partial charge in [0, 0.05) is 19.8 Å². The molecule has 0 saturated carbocycles. The van der Waals surface area contributed by atoms with Crippen molar-refractivity contribution in [3.8, 4) is 0 Å². The van der Waals surface area contributed by atoms with Crippen LogP contribution in [0.5, 0.6) is 0 Å². The Bertz CT molecular complexity index is 526. The van der Waals surface area contributed by atoms with Gasteiger partial charge in [0.25, 0.3) is 5.97 Å². The van der Waals surface area contributed by atoms with Gasteiger partial charge in [-0.1, -0.05) is 45.4 Å². The zero-order chi connectivity index (χ0) is 21.0. The molecule has 0 heterocycles. The van der Waals surface area contributed by atoms with E-state index in [0.29, 0.717) is 26.2 Å². The molecule has 3 nitrogen and oxygen atoms in total. The fourth-order valence-electron chi connectivity index (χ4n) is 3.48. The number of rotatable bonds is 15. The van der Waals surface area contributed by atoms with E-state index in [9.17, 15) is 13.2 Å². The Morgan fingerprint density at radius 2 is 1.21 bits per heavy atom. The van der Waals surface area contributed by atoms with Crippen molar-refractivity contribution in [3.63, 3.8) is 0 Å². The first-order valence-electron chi connectivity index (χ1n) is 10.5. The fraction of sp³-hybridized carbons (Fsp3) is 0.727. The van der Waals surface area contributed by atoms with Gasteiger partial charge >= 0.3 is 0 Å². The SMILES string of the molecule is CCCCCCCCC(c1cc(F)c(F)c(F)c1)C(OCC)(OCC)OCC. The summed E-state index contributed by atoms with van der Waals surface area (Å²) in [5.74, 6) is -5.96. The number of ether oxygens (including phenoxy) is 3.